The third kappa shape index (κ3) is 7.41. The summed E-state index contributed by atoms with van der Waals surface area (Å²) in [6.45, 7) is 10.4. The first-order chi connectivity index (χ1) is 9.63. The van der Waals surface area contributed by atoms with E-state index in [1.165, 1.54) is 5.56 Å². The van der Waals surface area contributed by atoms with Gasteiger partial charge in [-0.05, 0) is 48.9 Å². The second-order valence-electron chi connectivity index (χ2n) is 5.64. The fourth-order valence-electron chi connectivity index (χ4n) is 2.11. The van der Waals surface area contributed by atoms with E-state index in [1.54, 1.807) is 0 Å². The smallest absolute Gasteiger partial charge is 0.0472 e. The van der Waals surface area contributed by atoms with Crippen LogP contribution in [0.1, 0.15) is 45.1 Å². The number of hydrogen-bond acceptors (Lipinski definition) is 2. The van der Waals surface area contributed by atoms with Crippen LogP contribution in [0.3, 0.4) is 0 Å². The van der Waals surface area contributed by atoms with E-state index < -0.39 is 0 Å². The summed E-state index contributed by atoms with van der Waals surface area (Å²) >= 11 is 3.56. The monoisotopic (exact) mass is 341 g/mol. The Morgan fingerprint density at radius 2 is 1.95 bits per heavy atom. The summed E-state index contributed by atoms with van der Waals surface area (Å²) in [5, 5.41) is 3.45. The van der Waals surface area contributed by atoms with Gasteiger partial charge in [0.2, 0.25) is 0 Å². The van der Waals surface area contributed by atoms with Gasteiger partial charge in [0.05, 0.1) is 0 Å². The topological polar surface area (TPSA) is 21.3 Å². The van der Waals surface area contributed by atoms with E-state index in [2.05, 4.69) is 66.3 Å². The lowest BCUT2D eigenvalue weighted by Crippen LogP contribution is -2.22. The van der Waals surface area contributed by atoms with Gasteiger partial charge in [-0.15, -0.1) is 0 Å². The molecule has 0 saturated carbocycles. The molecule has 3 heteroatoms. The predicted molar refractivity (Wildman–Crippen MR) is 90.3 cm³/mol. The molecule has 0 radical (unpaired) electrons. The van der Waals surface area contributed by atoms with Crippen molar-refractivity contribution >= 4 is 15.9 Å². The van der Waals surface area contributed by atoms with Gasteiger partial charge in [-0.25, -0.2) is 0 Å². The summed E-state index contributed by atoms with van der Waals surface area (Å²) in [6.07, 6.45) is 2.22. The van der Waals surface area contributed by atoms with Gasteiger partial charge in [-0.2, -0.15) is 0 Å². The Kier molecular flexibility index (Phi) is 9.16. The molecule has 0 saturated heterocycles. The molecule has 1 aromatic carbocycles. The first-order valence-electron chi connectivity index (χ1n) is 7.67. The highest BCUT2D eigenvalue weighted by atomic mass is 79.9. The molecular weight excluding hydrogens is 314 g/mol. The summed E-state index contributed by atoms with van der Waals surface area (Å²) in [6, 6.07) is 8.61. The van der Waals surface area contributed by atoms with Crippen molar-refractivity contribution in [1.82, 2.24) is 5.32 Å². The second-order valence-corrected chi connectivity index (χ2v) is 6.56. The van der Waals surface area contributed by atoms with Crippen molar-refractivity contribution < 1.29 is 4.74 Å². The summed E-state index contributed by atoms with van der Waals surface area (Å²) in [5.41, 5.74) is 1.38. The molecule has 0 aliphatic carbocycles. The predicted octanol–water partition coefficient (Wildman–Crippen LogP) is 4.60. The maximum Gasteiger partial charge on any atom is 0.0472 e. The number of halogens is 1. The van der Waals surface area contributed by atoms with E-state index in [0.29, 0.717) is 5.92 Å². The van der Waals surface area contributed by atoms with Crippen LogP contribution in [0, 0.1) is 5.92 Å². The number of likely N-dealkylation sites (N-methyl/N-ethyl adjacent to an activating group) is 1. The molecule has 0 fully saturated rings. The molecule has 0 amide bonds. The summed E-state index contributed by atoms with van der Waals surface area (Å²) < 4.78 is 6.92. The fraction of sp³-hybridized carbons (Fsp3) is 0.647. The van der Waals surface area contributed by atoms with Crippen molar-refractivity contribution in [1.29, 1.82) is 0 Å². The lowest BCUT2D eigenvalue weighted by molar-refractivity contribution is 0.116. The molecule has 0 aromatic heterocycles. The van der Waals surface area contributed by atoms with Crippen LogP contribution in [-0.2, 0) is 4.74 Å². The molecule has 1 aromatic rings. The number of nitrogens with one attached hydrogen (secondary N) is 1. The van der Waals surface area contributed by atoms with Crippen molar-refractivity contribution in [2.75, 3.05) is 26.3 Å². The molecule has 1 rings (SSSR count). The number of rotatable bonds is 10. The highest BCUT2D eigenvalue weighted by Gasteiger charge is 2.11. The Morgan fingerprint density at radius 1 is 1.20 bits per heavy atom. The Morgan fingerprint density at radius 3 is 2.60 bits per heavy atom. The zero-order valence-electron chi connectivity index (χ0n) is 13.0. The first kappa shape index (κ1) is 17.7. The molecular formula is C17H28BrNO. The van der Waals surface area contributed by atoms with Gasteiger partial charge in [-0.3, -0.25) is 0 Å². The van der Waals surface area contributed by atoms with Crippen molar-refractivity contribution in [3.05, 3.63) is 34.3 Å². The van der Waals surface area contributed by atoms with Crippen molar-refractivity contribution in [2.24, 2.45) is 5.92 Å². The van der Waals surface area contributed by atoms with Crippen LogP contribution < -0.4 is 5.32 Å². The number of ether oxygens (including phenoxy) is 1. The van der Waals surface area contributed by atoms with Crippen molar-refractivity contribution in [2.45, 2.75) is 39.5 Å². The third-order valence-corrected chi connectivity index (χ3v) is 3.90. The van der Waals surface area contributed by atoms with Gasteiger partial charge in [0, 0.05) is 24.2 Å². The van der Waals surface area contributed by atoms with Gasteiger partial charge in [0.1, 0.15) is 0 Å². The molecule has 0 aliphatic heterocycles. The highest BCUT2D eigenvalue weighted by molar-refractivity contribution is 9.10. The van der Waals surface area contributed by atoms with Crippen molar-refractivity contribution in [3.63, 3.8) is 0 Å². The number of benzene rings is 1. The minimum Gasteiger partial charge on any atom is -0.381 e. The quantitative estimate of drug-likeness (QED) is 0.628. The molecule has 0 spiro atoms. The third-order valence-electron chi connectivity index (χ3n) is 3.41. The van der Waals surface area contributed by atoms with Gasteiger partial charge in [0.15, 0.2) is 0 Å². The minimum absolute atomic E-state index is 0.520. The zero-order chi connectivity index (χ0) is 14.8. The Balaban J connectivity index is 2.44. The van der Waals surface area contributed by atoms with E-state index in [1.807, 2.05) is 0 Å². The molecule has 0 bridgehead atoms. The molecule has 1 unspecified atom stereocenters. The fourth-order valence-corrected chi connectivity index (χ4v) is 2.53. The molecule has 20 heavy (non-hydrogen) atoms. The van der Waals surface area contributed by atoms with Crippen LogP contribution in [0.2, 0.25) is 0 Å². The SMILES string of the molecule is CCNCC(CCOCCC(C)C)c1cccc(Br)c1. The van der Waals surface area contributed by atoms with Crippen LogP contribution >= 0.6 is 15.9 Å². The maximum absolute atomic E-state index is 5.77. The Labute approximate surface area is 132 Å². The highest BCUT2D eigenvalue weighted by Crippen LogP contribution is 2.22. The summed E-state index contributed by atoms with van der Waals surface area (Å²) in [4.78, 5) is 0. The zero-order valence-corrected chi connectivity index (χ0v) is 14.6. The van der Waals surface area contributed by atoms with E-state index in [4.69, 9.17) is 4.74 Å². The van der Waals surface area contributed by atoms with E-state index in [9.17, 15) is 0 Å². The second kappa shape index (κ2) is 10.4. The van der Waals surface area contributed by atoms with Gasteiger partial charge < -0.3 is 10.1 Å². The molecule has 0 heterocycles. The summed E-state index contributed by atoms with van der Waals surface area (Å²) in [7, 11) is 0. The van der Waals surface area contributed by atoms with Gasteiger partial charge in [-0.1, -0.05) is 48.8 Å². The molecule has 114 valence electrons. The van der Waals surface area contributed by atoms with Crippen LogP contribution in [0.4, 0.5) is 0 Å². The Hall–Kier alpha value is -0.380. The molecule has 1 atom stereocenters. The Bertz CT molecular complexity index is 368. The van der Waals surface area contributed by atoms with Gasteiger partial charge in [0.25, 0.3) is 0 Å². The maximum atomic E-state index is 5.77. The number of hydrogen-bond donors (Lipinski definition) is 1. The average molecular weight is 342 g/mol. The minimum atomic E-state index is 0.520. The average Bonchev–Trinajstić information content (AvgIpc) is 2.41. The molecule has 0 aliphatic rings. The van der Waals surface area contributed by atoms with Crippen molar-refractivity contribution in [3.8, 4) is 0 Å². The van der Waals surface area contributed by atoms with Crippen LogP contribution in [-0.4, -0.2) is 26.3 Å². The van der Waals surface area contributed by atoms with Crippen LogP contribution in [0.5, 0.6) is 0 Å². The van der Waals surface area contributed by atoms with Gasteiger partial charge >= 0.3 is 0 Å². The first-order valence-corrected chi connectivity index (χ1v) is 8.46. The molecule has 1 N–H and O–H groups in total. The molecule has 2 nitrogen and oxygen atoms in total. The van der Waals surface area contributed by atoms with E-state index in [0.717, 1.165) is 49.5 Å². The lowest BCUT2D eigenvalue weighted by atomic mass is 9.96. The summed E-state index contributed by atoms with van der Waals surface area (Å²) in [5.74, 6) is 1.24. The lowest BCUT2D eigenvalue weighted by Gasteiger charge is -2.18. The standard InChI is InChI=1S/C17H28BrNO/c1-4-19-13-16(9-11-20-10-8-14(2)3)15-6-5-7-17(18)12-15/h5-7,12,14,16,19H,4,8-11,13H2,1-3H3. The van der Waals surface area contributed by atoms with Crippen LogP contribution in [0.25, 0.3) is 0 Å². The van der Waals surface area contributed by atoms with E-state index >= 15 is 0 Å². The van der Waals surface area contributed by atoms with Crippen LogP contribution in [0.15, 0.2) is 28.7 Å². The van der Waals surface area contributed by atoms with E-state index in [-0.39, 0.29) is 0 Å². The normalized spacial score (nSPS) is 12.8. The largest absolute Gasteiger partial charge is 0.381 e.